The third-order valence-electron chi connectivity index (χ3n) is 4.81. The number of nitrogens with zero attached hydrogens (tertiary/aromatic N) is 2. The van der Waals surface area contributed by atoms with Crippen molar-refractivity contribution >= 4 is 11.9 Å². The highest BCUT2D eigenvalue weighted by Crippen LogP contribution is 2.20. The lowest BCUT2D eigenvalue weighted by atomic mass is 10.0. The molecule has 0 aliphatic rings. The van der Waals surface area contributed by atoms with Gasteiger partial charge in [-0.25, -0.2) is 9.18 Å². The van der Waals surface area contributed by atoms with E-state index in [4.69, 9.17) is 4.52 Å². The van der Waals surface area contributed by atoms with Gasteiger partial charge in [-0.05, 0) is 29.7 Å². The van der Waals surface area contributed by atoms with Crippen LogP contribution >= 0.6 is 0 Å². The number of rotatable bonds is 8. The van der Waals surface area contributed by atoms with Crippen LogP contribution in [0, 0.1) is 5.82 Å². The van der Waals surface area contributed by atoms with Crippen molar-refractivity contribution in [3.63, 3.8) is 0 Å². The number of carbonyl (C=O) groups excluding carboxylic acids is 2. The summed E-state index contributed by atoms with van der Waals surface area (Å²) in [5.74, 6) is -0.144. The van der Waals surface area contributed by atoms with E-state index in [1.807, 2.05) is 24.3 Å². The van der Waals surface area contributed by atoms with Crippen LogP contribution in [0.1, 0.15) is 53.6 Å². The van der Waals surface area contributed by atoms with Crippen LogP contribution in [0.5, 0.6) is 0 Å². The van der Waals surface area contributed by atoms with Crippen LogP contribution in [0.15, 0.2) is 47.0 Å². The molecule has 0 aliphatic carbocycles. The third kappa shape index (κ3) is 5.75. The molecule has 3 aromatic rings. The Bertz CT molecular complexity index is 1060. The Labute approximate surface area is 179 Å². The molecular formula is C23H24FN3O4. The first-order chi connectivity index (χ1) is 14.9. The number of ether oxygens (including phenoxy) is 1. The Hall–Kier alpha value is -3.55. The van der Waals surface area contributed by atoms with E-state index in [2.05, 4.69) is 34.0 Å². The van der Waals surface area contributed by atoms with Crippen LogP contribution in [0.3, 0.4) is 0 Å². The number of amides is 1. The molecule has 3 rings (SSSR count). The smallest absolute Gasteiger partial charge is 0.337 e. The number of nitrogens with one attached hydrogen (secondary N) is 1. The molecule has 1 heterocycles. The van der Waals surface area contributed by atoms with Crippen molar-refractivity contribution in [1.82, 2.24) is 15.5 Å². The van der Waals surface area contributed by atoms with Gasteiger partial charge in [0.1, 0.15) is 5.82 Å². The van der Waals surface area contributed by atoms with Crippen molar-refractivity contribution < 1.29 is 23.2 Å². The first-order valence-electron chi connectivity index (χ1n) is 9.93. The van der Waals surface area contributed by atoms with Gasteiger partial charge in [-0.3, -0.25) is 4.79 Å². The van der Waals surface area contributed by atoms with Gasteiger partial charge in [0, 0.05) is 30.5 Å². The number of esters is 1. The van der Waals surface area contributed by atoms with E-state index in [0.29, 0.717) is 17.6 Å². The zero-order chi connectivity index (χ0) is 22.4. The van der Waals surface area contributed by atoms with Gasteiger partial charge < -0.3 is 14.6 Å². The summed E-state index contributed by atoms with van der Waals surface area (Å²) in [6.07, 6.45) is 0.361. The number of methoxy groups -OCH3 is 1. The Morgan fingerprint density at radius 3 is 2.58 bits per heavy atom. The number of aromatic nitrogens is 2. The summed E-state index contributed by atoms with van der Waals surface area (Å²) in [6.45, 7) is 4.19. The molecule has 0 bridgehead atoms. The molecule has 1 aromatic heterocycles. The summed E-state index contributed by atoms with van der Waals surface area (Å²) in [6, 6.07) is 11.8. The van der Waals surface area contributed by atoms with Crippen molar-refractivity contribution in [2.24, 2.45) is 0 Å². The lowest BCUT2D eigenvalue weighted by Gasteiger charge is -2.07. The molecule has 0 fully saturated rings. The SMILES string of the molecule is COC(=O)c1ccc(F)c(CNC(=O)CCc2nc(-c3ccc(C(C)C)cc3)no2)c1. The summed E-state index contributed by atoms with van der Waals surface area (Å²) < 4.78 is 23.8. The second-order valence-electron chi connectivity index (χ2n) is 7.36. The Morgan fingerprint density at radius 2 is 1.90 bits per heavy atom. The zero-order valence-electron chi connectivity index (χ0n) is 17.6. The van der Waals surface area contributed by atoms with Crippen molar-refractivity contribution in [3.05, 3.63) is 70.9 Å². The number of hydrogen-bond donors (Lipinski definition) is 1. The first kappa shape index (κ1) is 22.1. The minimum atomic E-state index is -0.571. The quantitative estimate of drug-likeness (QED) is 0.548. The van der Waals surface area contributed by atoms with Gasteiger partial charge in [0.25, 0.3) is 0 Å². The van der Waals surface area contributed by atoms with Gasteiger partial charge in [0.15, 0.2) is 0 Å². The van der Waals surface area contributed by atoms with Gasteiger partial charge in [-0.15, -0.1) is 0 Å². The summed E-state index contributed by atoms with van der Waals surface area (Å²) in [4.78, 5) is 28.0. The molecule has 0 aliphatic heterocycles. The molecule has 0 spiro atoms. The fourth-order valence-electron chi connectivity index (χ4n) is 2.95. The van der Waals surface area contributed by atoms with Crippen LogP contribution < -0.4 is 5.32 Å². The third-order valence-corrected chi connectivity index (χ3v) is 4.81. The number of carbonyl (C=O) groups is 2. The summed E-state index contributed by atoms with van der Waals surface area (Å²) >= 11 is 0. The molecule has 0 saturated heterocycles. The van der Waals surface area contributed by atoms with Crippen molar-refractivity contribution in [2.75, 3.05) is 7.11 Å². The van der Waals surface area contributed by atoms with Crippen LogP contribution in [0.4, 0.5) is 4.39 Å². The molecule has 0 unspecified atom stereocenters. The minimum Gasteiger partial charge on any atom is -0.465 e. The Balaban J connectivity index is 1.53. The highest BCUT2D eigenvalue weighted by atomic mass is 19.1. The van der Waals surface area contributed by atoms with E-state index in [1.165, 1.54) is 30.9 Å². The van der Waals surface area contributed by atoms with Gasteiger partial charge >= 0.3 is 5.97 Å². The summed E-state index contributed by atoms with van der Waals surface area (Å²) in [7, 11) is 1.25. The predicted octanol–water partition coefficient (Wildman–Crippen LogP) is 4.03. The highest BCUT2D eigenvalue weighted by molar-refractivity contribution is 5.89. The van der Waals surface area contributed by atoms with E-state index in [9.17, 15) is 14.0 Å². The largest absolute Gasteiger partial charge is 0.465 e. The molecule has 0 saturated carbocycles. The molecule has 8 heteroatoms. The maximum absolute atomic E-state index is 13.9. The van der Waals surface area contributed by atoms with E-state index in [0.717, 1.165) is 5.56 Å². The summed E-state index contributed by atoms with van der Waals surface area (Å²) in [5, 5.41) is 6.60. The van der Waals surface area contributed by atoms with E-state index < -0.39 is 11.8 Å². The van der Waals surface area contributed by atoms with E-state index >= 15 is 0 Å². The number of benzene rings is 2. The zero-order valence-corrected chi connectivity index (χ0v) is 17.6. The van der Waals surface area contributed by atoms with Crippen molar-refractivity contribution in [1.29, 1.82) is 0 Å². The second-order valence-corrected chi connectivity index (χ2v) is 7.36. The van der Waals surface area contributed by atoms with E-state index in [-0.39, 0.29) is 36.4 Å². The maximum atomic E-state index is 13.9. The minimum absolute atomic E-state index is 0.0488. The Morgan fingerprint density at radius 1 is 1.16 bits per heavy atom. The molecule has 0 radical (unpaired) electrons. The van der Waals surface area contributed by atoms with Crippen LogP contribution in [0.25, 0.3) is 11.4 Å². The number of hydrogen-bond acceptors (Lipinski definition) is 6. The number of aryl methyl sites for hydroxylation is 1. The molecule has 0 atom stereocenters. The molecule has 162 valence electrons. The first-order valence-corrected chi connectivity index (χ1v) is 9.93. The van der Waals surface area contributed by atoms with Gasteiger partial charge in [0.2, 0.25) is 17.6 Å². The molecule has 2 aromatic carbocycles. The van der Waals surface area contributed by atoms with E-state index in [1.54, 1.807) is 0 Å². The lowest BCUT2D eigenvalue weighted by Crippen LogP contribution is -2.23. The molecule has 31 heavy (non-hydrogen) atoms. The van der Waals surface area contributed by atoms with Crippen LogP contribution in [-0.4, -0.2) is 29.1 Å². The van der Waals surface area contributed by atoms with Crippen LogP contribution in [0.2, 0.25) is 0 Å². The van der Waals surface area contributed by atoms with Gasteiger partial charge in [-0.2, -0.15) is 4.98 Å². The molecule has 1 N–H and O–H groups in total. The average molecular weight is 425 g/mol. The number of halogens is 1. The van der Waals surface area contributed by atoms with Crippen LogP contribution in [-0.2, 0) is 22.5 Å². The molecule has 7 nitrogen and oxygen atoms in total. The fraction of sp³-hybridized carbons (Fsp3) is 0.304. The highest BCUT2D eigenvalue weighted by Gasteiger charge is 2.13. The van der Waals surface area contributed by atoms with Crippen molar-refractivity contribution in [2.45, 2.75) is 39.2 Å². The van der Waals surface area contributed by atoms with Gasteiger partial charge in [0.05, 0.1) is 12.7 Å². The van der Waals surface area contributed by atoms with Gasteiger partial charge in [-0.1, -0.05) is 43.3 Å². The normalized spacial score (nSPS) is 10.9. The maximum Gasteiger partial charge on any atom is 0.337 e. The predicted molar refractivity (Wildman–Crippen MR) is 112 cm³/mol. The summed E-state index contributed by atoms with van der Waals surface area (Å²) in [5.41, 5.74) is 2.47. The molecular weight excluding hydrogens is 401 g/mol. The molecule has 1 amide bonds. The van der Waals surface area contributed by atoms with Crippen molar-refractivity contribution in [3.8, 4) is 11.4 Å². The fourth-order valence-corrected chi connectivity index (χ4v) is 2.95. The standard InChI is InChI=1S/C23H24FN3O4/c1-14(2)15-4-6-16(7-5-15)22-26-21(31-27-22)11-10-20(28)25-13-18-12-17(23(29)30-3)8-9-19(18)24/h4-9,12,14H,10-11,13H2,1-3H3,(H,25,28). The Kier molecular flexibility index (Phi) is 7.12. The average Bonchev–Trinajstić information content (AvgIpc) is 3.25. The second kappa shape index (κ2) is 9.97. The lowest BCUT2D eigenvalue weighted by molar-refractivity contribution is -0.121. The topological polar surface area (TPSA) is 94.3 Å². The monoisotopic (exact) mass is 425 g/mol.